The second kappa shape index (κ2) is 2.96. The smallest absolute Gasteiger partial charge is 0.120 e. The number of fused-ring (bicyclic) bond motifs is 2. The van der Waals surface area contributed by atoms with Crippen LogP contribution >= 0.6 is 0 Å². The maximum absolute atomic E-state index is 10.2. The van der Waals surface area contributed by atoms with Crippen LogP contribution in [0.2, 0.25) is 0 Å². The molecule has 3 atom stereocenters. The molecule has 0 spiro atoms. The normalized spacial score (nSPS) is 41.3. The molecule has 0 saturated heterocycles. The number of carbonyl (C=O) groups is 1. The number of hydrogen-bond acceptors (Lipinski definition) is 1. The van der Waals surface area contributed by atoms with E-state index in [9.17, 15) is 4.79 Å². The maximum Gasteiger partial charge on any atom is 0.120 e. The third-order valence-electron chi connectivity index (χ3n) is 3.54. The molecule has 0 heterocycles. The summed E-state index contributed by atoms with van der Waals surface area (Å²) < 4.78 is 0. The molecule has 0 radical (unpaired) electrons. The Hall–Kier alpha value is -0.330. The predicted octanol–water partition coefficient (Wildman–Crippen LogP) is 2.40. The van der Waals surface area contributed by atoms with Crippen molar-refractivity contribution in [2.24, 2.45) is 17.8 Å². The first kappa shape index (κ1) is 7.33. The molecule has 2 fully saturated rings. The molecular weight excluding hydrogens is 136 g/mol. The van der Waals surface area contributed by atoms with Crippen molar-refractivity contribution in [3.05, 3.63) is 0 Å². The Labute approximate surface area is 68.2 Å². The van der Waals surface area contributed by atoms with E-state index in [1.165, 1.54) is 32.1 Å². The number of carbonyl (C=O) groups excluding carboxylic acids is 1. The first-order valence-electron chi connectivity index (χ1n) is 4.84. The first-order chi connectivity index (χ1) is 5.40. The number of aldehydes is 1. The second-order valence-corrected chi connectivity index (χ2v) is 4.18. The molecule has 0 aromatic carbocycles. The molecule has 0 aromatic rings. The molecule has 2 aliphatic rings. The van der Waals surface area contributed by atoms with Gasteiger partial charge in [0.15, 0.2) is 0 Å². The van der Waals surface area contributed by atoms with Crippen molar-refractivity contribution >= 4 is 6.29 Å². The van der Waals surface area contributed by atoms with Crippen LogP contribution in [0.3, 0.4) is 0 Å². The van der Waals surface area contributed by atoms with Crippen LogP contribution in [0.5, 0.6) is 0 Å². The summed E-state index contributed by atoms with van der Waals surface area (Å²) in [7, 11) is 0. The molecule has 0 amide bonds. The van der Waals surface area contributed by atoms with Gasteiger partial charge in [0.2, 0.25) is 0 Å². The quantitative estimate of drug-likeness (QED) is 0.567. The van der Waals surface area contributed by atoms with Crippen molar-refractivity contribution in [2.75, 3.05) is 0 Å². The molecule has 1 nitrogen and oxygen atoms in total. The molecule has 11 heavy (non-hydrogen) atoms. The molecule has 62 valence electrons. The molecule has 1 heteroatoms. The highest BCUT2D eigenvalue weighted by Crippen LogP contribution is 2.49. The van der Waals surface area contributed by atoms with Crippen molar-refractivity contribution < 1.29 is 4.79 Å². The highest BCUT2D eigenvalue weighted by atomic mass is 16.1. The first-order valence-corrected chi connectivity index (χ1v) is 4.84. The van der Waals surface area contributed by atoms with Gasteiger partial charge in [-0.25, -0.2) is 0 Å². The van der Waals surface area contributed by atoms with E-state index in [1.807, 2.05) is 0 Å². The van der Waals surface area contributed by atoms with E-state index in [1.54, 1.807) is 0 Å². The zero-order chi connectivity index (χ0) is 7.68. The highest BCUT2D eigenvalue weighted by molar-refractivity contribution is 5.49. The van der Waals surface area contributed by atoms with Crippen molar-refractivity contribution in [2.45, 2.75) is 38.5 Å². The van der Waals surface area contributed by atoms with E-state index in [4.69, 9.17) is 0 Å². The largest absolute Gasteiger partial charge is 0.303 e. The maximum atomic E-state index is 10.2. The van der Waals surface area contributed by atoms with Gasteiger partial charge in [0.05, 0.1) is 0 Å². The lowest BCUT2D eigenvalue weighted by molar-refractivity contribution is -0.108. The molecule has 0 N–H and O–H groups in total. The summed E-state index contributed by atoms with van der Waals surface area (Å²) in [5, 5.41) is 0. The minimum atomic E-state index is 0.799. The Morgan fingerprint density at radius 1 is 1.27 bits per heavy atom. The van der Waals surface area contributed by atoms with E-state index in [0.717, 1.165) is 30.5 Å². The minimum Gasteiger partial charge on any atom is -0.303 e. The van der Waals surface area contributed by atoms with Gasteiger partial charge in [-0.1, -0.05) is 6.42 Å². The lowest BCUT2D eigenvalue weighted by Crippen LogP contribution is -2.10. The van der Waals surface area contributed by atoms with E-state index < -0.39 is 0 Å². The Balaban J connectivity index is 1.83. The van der Waals surface area contributed by atoms with Crippen molar-refractivity contribution in [1.29, 1.82) is 0 Å². The topological polar surface area (TPSA) is 17.1 Å². The Morgan fingerprint density at radius 2 is 2.18 bits per heavy atom. The minimum absolute atomic E-state index is 0.799. The number of hydrogen-bond donors (Lipinski definition) is 0. The average Bonchev–Trinajstić information content (AvgIpc) is 2.60. The van der Waals surface area contributed by atoms with Crippen LogP contribution in [-0.2, 0) is 4.79 Å². The third-order valence-corrected chi connectivity index (χ3v) is 3.54. The monoisotopic (exact) mass is 152 g/mol. The average molecular weight is 152 g/mol. The Bertz CT molecular complexity index is 153. The predicted molar refractivity (Wildman–Crippen MR) is 44.2 cm³/mol. The van der Waals surface area contributed by atoms with Gasteiger partial charge in [0.1, 0.15) is 6.29 Å². The van der Waals surface area contributed by atoms with Crippen LogP contribution < -0.4 is 0 Å². The van der Waals surface area contributed by atoms with E-state index in [-0.39, 0.29) is 0 Å². The van der Waals surface area contributed by atoms with Gasteiger partial charge >= 0.3 is 0 Å². The van der Waals surface area contributed by atoms with E-state index >= 15 is 0 Å². The molecule has 2 rings (SSSR count). The molecular formula is C10H16O. The molecule has 0 aromatic heterocycles. The number of rotatable bonds is 3. The van der Waals surface area contributed by atoms with Gasteiger partial charge in [-0.05, 0) is 43.4 Å². The van der Waals surface area contributed by atoms with Crippen LogP contribution in [0.25, 0.3) is 0 Å². The molecule has 2 bridgehead atoms. The molecule has 2 aliphatic carbocycles. The third kappa shape index (κ3) is 1.33. The Kier molecular flexibility index (Phi) is 1.97. The summed E-state index contributed by atoms with van der Waals surface area (Å²) in [4.78, 5) is 10.2. The van der Waals surface area contributed by atoms with Crippen LogP contribution in [0.1, 0.15) is 38.5 Å². The Morgan fingerprint density at radius 3 is 2.73 bits per heavy atom. The fraction of sp³-hybridized carbons (Fsp3) is 0.900. The SMILES string of the molecule is O=CCC[C@H]1C[C@@H]2CC[C@@H]1C2. The fourth-order valence-electron chi connectivity index (χ4n) is 3.01. The van der Waals surface area contributed by atoms with E-state index in [0.29, 0.717) is 0 Å². The van der Waals surface area contributed by atoms with Crippen LogP contribution in [0, 0.1) is 17.8 Å². The molecule has 0 unspecified atom stereocenters. The standard InChI is InChI=1S/C10H16O/c11-5-1-2-9-6-8-3-4-10(9)7-8/h5,8-10H,1-4,6-7H2/t8-,9-,10+/m0/s1. The van der Waals surface area contributed by atoms with Gasteiger partial charge in [0, 0.05) is 6.42 Å². The van der Waals surface area contributed by atoms with Crippen LogP contribution in [0.15, 0.2) is 0 Å². The lowest BCUT2D eigenvalue weighted by atomic mass is 9.86. The van der Waals surface area contributed by atoms with Gasteiger partial charge in [0.25, 0.3) is 0 Å². The zero-order valence-electron chi connectivity index (χ0n) is 6.96. The van der Waals surface area contributed by atoms with Gasteiger partial charge in [-0.3, -0.25) is 0 Å². The summed E-state index contributed by atoms with van der Waals surface area (Å²) in [6.07, 6.45) is 8.88. The summed E-state index contributed by atoms with van der Waals surface area (Å²) in [5.74, 6) is 2.95. The van der Waals surface area contributed by atoms with Gasteiger partial charge in [-0.15, -0.1) is 0 Å². The summed E-state index contributed by atoms with van der Waals surface area (Å²) in [6, 6.07) is 0. The highest BCUT2D eigenvalue weighted by Gasteiger charge is 2.38. The van der Waals surface area contributed by atoms with Crippen LogP contribution in [0.4, 0.5) is 0 Å². The van der Waals surface area contributed by atoms with Crippen LogP contribution in [-0.4, -0.2) is 6.29 Å². The van der Waals surface area contributed by atoms with Crippen molar-refractivity contribution in [3.63, 3.8) is 0 Å². The molecule has 0 aliphatic heterocycles. The summed E-state index contributed by atoms with van der Waals surface area (Å²) >= 11 is 0. The van der Waals surface area contributed by atoms with E-state index in [2.05, 4.69) is 0 Å². The second-order valence-electron chi connectivity index (χ2n) is 4.18. The van der Waals surface area contributed by atoms with Gasteiger partial charge < -0.3 is 4.79 Å². The van der Waals surface area contributed by atoms with Gasteiger partial charge in [-0.2, -0.15) is 0 Å². The summed E-state index contributed by atoms with van der Waals surface area (Å²) in [5.41, 5.74) is 0. The fourth-order valence-corrected chi connectivity index (χ4v) is 3.01. The summed E-state index contributed by atoms with van der Waals surface area (Å²) in [6.45, 7) is 0. The molecule has 2 saturated carbocycles. The lowest BCUT2D eigenvalue weighted by Gasteiger charge is -2.20. The van der Waals surface area contributed by atoms with Crippen molar-refractivity contribution in [3.8, 4) is 0 Å². The zero-order valence-corrected chi connectivity index (χ0v) is 6.96. The van der Waals surface area contributed by atoms with Crippen molar-refractivity contribution in [1.82, 2.24) is 0 Å².